The van der Waals surface area contributed by atoms with E-state index in [0.29, 0.717) is 5.56 Å². The molecule has 0 fully saturated rings. The van der Waals surface area contributed by atoms with Crippen LogP contribution in [0.25, 0.3) is 10.9 Å². The highest BCUT2D eigenvalue weighted by Gasteiger charge is 2.10. The third-order valence-corrected chi connectivity index (χ3v) is 2.91. The first-order valence-corrected chi connectivity index (χ1v) is 4.84. The molecule has 78 valence electrons. The molecule has 0 atom stereocenters. The van der Waals surface area contributed by atoms with Crippen LogP contribution in [-0.2, 0) is 0 Å². The average Bonchev–Trinajstić information content (AvgIpc) is 2.20. The van der Waals surface area contributed by atoms with E-state index in [-0.39, 0.29) is 11.3 Å². The lowest BCUT2D eigenvalue weighted by Crippen LogP contribution is -2.11. The molecule has 0 aliphatic carbocycles. The summed E-state index contributed by atoms with van der Waals surface area (Å²) in [6.45, 7) is 5.52. The van der Waals surface area contributed by atoms with Crippen LogP contribution in [0, 0.1) is 20.8 Å². The molecule has 2 N–H and O–H groups in total. The van der Waals surface area contributed by atoms with Gasteiger partial charge in [0.05, 0.1) is 5.52 Å². The number of hydrogen-bond acceptors (Lipinski definition) is 2. The van der Waals surface area contributed by atoms with Gasteiger partial charge in [0.25, 0.3) is 5.56 Å². The third-order valence-electron chi connectivity index (χ3n) is 2.91. The Labute approximate surface area is 87.4 Å². The van der Waals surface area contributed by atoms with E-state index in [1.54, 1.807) is 19.1 Å². The molecule has 1 aromatic carbocycles. The molecule has 15 heavy (non-hydrogen) atoms. The number of fused-ring (bicyclic) bond motifs is 1. The molecule has 0 aliphatic rings. The van der Waals surface area contributed by atoms with E-state index in [2.05, 4.69) is 4.98 Å². The minimum atomic E-state index is -0.0892. The molecule has 0 aliphatic heterocycles. The molecule has 0 unspecified atom stereocenters. The monoisotopic (exact) mass is 203 g/mol. The van der Waals surface area contributed by atoms with Crippen LogP contribution in [0.2, 0.25) is 0 Å². The maximum atomic E-state index is 11.6. The highest BCUT2D eigenvalue weighted by atomic mass is 16.3. The fraction of sp³-hybridized carbons (Fsp3) is 0.250. The van der Waals surface area contributed by atoms with Gasteiger partial charge in [0.1, 0.15) is 5.75 Å². The Bertz CT molecular complexity index is 597. The van der Waals surface area contributed by atoms with Crippen LogP contribution in [0.3, 0.4) is 0 Å². The van der Waals surface area contributed by atoms with Gasteiger partial charge in [-0.1, -0.05) is 6.07 Å². The van der Waals surface area contributed by atoms with Gasteiger partial charge in [0, 0.05) is 10.9 Å². The van der Waals surface area contributed by atoms with E-state index in [1.165, 1.54) is 0 Å². The number of aromatic amines is 1. The molecule has 0 saturated carbocycles. The van der Waals surface area contributed by atoms with Gasteiger partial charge in [-0.25, -0.2) is 0 Å². The molecular weight excluding hydrogens is 190 g/mol. The largest absolute Gasteiger partial charge is 0.507 e. The Hall–Kier alpha value is -1.77. The SMILES string of the molecule is Cc1c(C)c2c(O)ccc(C)c2[nH]c1=O. The molecule has 3 heteroatoms. The number of aryl methyl sites for hydroxylation is 2. The summed E-state index contributed by atoms with van der Waals surface area (Å²) in [6, 6.07) is 3.45. The molecule has 1 heterocycles. The number of benzene rings is 1. The Kier molecular flexibility index (Phi) is 2.03. The van der Waals surface area contributed by atoms with Crippen LogP contribution >= 0.6 is 0 Å². The second kappa shape index (κ2) is 3.12. The summed E-state index contributed by atoms with van der Waals surface area (Å²) in [4.78, 5) is 14.4. The molecule has 0 saturated heterocycles. The summed E-state index contributed by atoms with van der Waals surface area (Å²) in [6.07, 6.45) is 0. The first-order valence-electron chi connectivity index (χ1n) is 4.84. The first kappa shape index (κ1) is 9.77. The van der Waals surface area contributed by atoms with Crippen molar-refractivity contribution in [2.75, 3.05) is 0 Å². The summed E-state index contributed by atoms with van der Waals surface area (Å²) in [7, 11) is 0. The normalized spacial score (nSPS) is 10.9. The number of aromatic nitrogens is 1. The molecule has 2 rings (SSSR count). The minimum absolute atomic E-state index is 0.0892. The molecular formula is C12H13NO2. The van der Waals surface area contributed by atoms with Gasteiger partial charge in [-0.15, -0.1) is 0 Å². The Morgan fingerprint density at radius 1 is 1.13 bits per heavy atom. The van der Waals surface area contributed by atoms with Gasteiger partial charge in [0.15, 0.2) is 0 Å². The van der Waals surface area contributed by atoms with Gasteiger partial charge in [-0.2, -0.15) is 0 Å². The molecule has 0 spiro atoms. The van der Waals surface area contributed by atoms with Crippen molar-refractivity contribution in [1.29, 1.82) is 0 Å². The third kappa shape index (κ3) is 1.31. The summed E-state index contributed by atoms with van der Waals surface area (Å²) < 4.78 is 0. The minimum Gasteiger partial charge on any atom is -0.507 e. The Morgan fingerprint density at radius 2 is 1.80 bits per heavy atom. The zero-order chi connectivity index (χ0) is 11.2. The van der Waals surface area contributed by atoms with E-state index < -0.39 is 0 Å². The number of rotatable bonds is 0. The molecule has 0 radical (unpaired) electrons. The Balaban J connectivity index is 3.11. The van der Waals surface area contributed by atoms with Crippen molar-refractivity contribution in [3.63, 3.8) is 0 Å². The quantitative estimate of drug-likeness (QED) is 0.689. The molecule has 0 amide bonds. The van der Waals surface area contributed by atoms with Crippen LogP contribution < -0.4 is 5.56 Å². The van der Waals surface area contributed by atoms with Crippen LogP contribution in [-0.4, -0.2) is 10.1 Å². The highest BCUT2D eigenvalue weighted by molar-refractivity contribution is 5.90. The molecule has 3 nitrogen and oxygen atoms in total. The highest BCUT2D eigenvalue weighted by Crippen LogP contribution is 2.28. The molecule has 2 aromatic rings. The predicted molar refractivity (Wildman–Crippen MR) is 60.4 cm³/mol. The fourth-order valence-corrected chi connectivity index (χ4v) is 1.80. The number of H-pyrrole nitrogens is 1. The number of aromatic hydroxyl groups is 1. The van der Waals surface area contributed by atoms with Crippen molar-refractivity contribution in [3.8, 4) is 5.75 Å². The summed E-state index contributed by atoms with van der Waals surface area (Å²) >= 11 is 0. The van der Waals surface area contributed by atoms with E-state index in [9.17, 15) is 9.90 Å². The van der Waals surface area contributed by atoms with Crippen molar-refractivity contribution < 1.29 is 5.11 Å². The van der Waals surface area contributed by atoms with Crippen molar-refractivity contribution >= 4 is 10.9 Å². The van der Waals surface area contributed by atoms with Crippen molar-refractivity contribution in [3.05, 3.63) is 39.2 Å². The van der Waals surface area contributed by atoms with Gasteiger partial charge >= 0.3 is 0 Å². The van der Waals surface area contributed by atoms with Gasteiger partial charge < -0.3 is 10.1 Å². The number of nitrogens with one attached hydrogen (secondary N) is 1. The van der Waals surface area contributed by atoms with E-state index >= 15 is 0 Å². The van der Waals surface area contributed by atoms with Crippen LogP contribution in [0.1, 0.15) is 16.7 Å². The number of pyridine rings is 1. The Morgan fingerprint density at radius 3 is 2.47 bits per heavy atom. The summed E-state index contributed by atoms with van der Waals surface area (Å²) in [5.74, 6) is 0.215. The van der Waals surface area contributed by atoms with Crippen LogP contribution in [0.4, 0.5) is 0 Å². The molecule has 0 bridgehead atoms. The molecule has 1 aromatic heterocycles. The number of phenolic OH excluding ortho intramolecular Hbond substituents is 1. The second-order valence-corrected chi connectivity index (χ2v) is 3.86. The fourth-order valence-electron chi connectivity index (χ4n) is 1.80. The zero-order valence-electron chi connectivity index (χ0n) is 9.01. The van der Waals surface area contributed by atoms with Gasteiger partial charge in [0.2, 0.25) is 0 Å². The van der Waals surface area contributed by atoms with Crippen molar-refractivity contribution in [2.45, 2.75) is 20.8 Å². The van der Waals surface area contributed by atoms with Crippen LogP contribution in [0.5, 0.6) is 5.75 Å². The van der Waals surface area contributed by atoms with Crippen LogP contribution in [0.15, 0.2) is 16.9 Å². The van der Waals surface area contributed by atoms with E-state index in [4.69, 9.17) is 0 Å². The number of hydrogen-bond donors (Lipinski definition) is 2. The lowest BCUT2D eigenvalue weighted by molar-refractivity contribution is 0.481. The lowest BCUT2D eigenvalue weighted by atomic mass is 10.0. The van der Waals surface area contributed by atoms with Crippen molar-refractivity contribution in [2.24, 2.45) is 0 Å². The first-order chi connectivity index (χ1) is 7.02. The van der Waals surface area contributed by atoms with E-state index in [1.807, 2.05) is 13.8 Å². The van der Waals surface area contributed by atoms with Gasteiger partial charge in [-0.3, -0.25) is 4.79 Å². The summed E-state index contributed by atoms with van der Waals surface area (Å²) in [5, 5.41) is 10.5. The summed E-state index contributed by atoms with van der Waals surface area (Å²) in [5.41, 5.74) is 3.10. The second-order valence-electron chi connectivity index (χ2n) is 3.86. The number of phenols is 1. The zero-order valence-corrected chi connectivity index (χ0v) is 9.01. The smallest absolute Gasteiger partial charge is 0.251 e. The lowest BCUT2D eigenvalue weighted by Gasteiger charge is -2.09. The predicted octanol–water partition coefficient (Wildman–Crippen LogP) is 2.16. The maximum absolute atomic E-state index is 11.6. The maximum Gasteiger partial charge on any atom is 0.251 e. The van der Waals surface area contributed by atoms with Gasteiger partial charge in [-0.05, 0) is 38.0 Å². The van der Waals surface area contributed by atoms with E-state index in [0.717, 1.165) is 22.0 Å². The average molecular weight is 203 g/mol. The standard InChI is InChI=1S/C12H13NO2/c1-6-4-5-9(14)10-7(2)8(3)12(15)13-11(6)10/h4-5,14H,1-3H3,(H,13,15). The van der Waals surface area contributed by atoms with Crippen molar-refractivity contribution in [1.82, 2.24) is 4.98 Å². The topological polar surface area (TPSA) is 53.1 Å².